The van der Waals surface area contributed by atoms with E-state index in [9.17, 15) is 8.42 Å². The third kappa shape index (κ3) is 6.12. The van der Waals surface area contributed by atoms with Gasteiger partial charge in [0, 0.05) is 26.2 Å². The zero-order valence-electron chi connectivity index (χ0n) is 15.2. The third-order valence-corrected chi connectivity index (χ3v) is 5.56. The fourth-order valence-electron chi connectivity index (χ4n) is 2.14. The normalized spacial score (nSPS) is 12.7. The lowest BCUT2D eigenvalue weighted by Crippen LogP contribution is -2.42. The summed E-state index contributed by atoms with van der Waals surface area (Å²) in [6, 6.07) is 0. The fourth-order valence-corrected chi connectivity index (χ4v) is 3.54. The van der Waals surface area contributed by atoms with Crippen molar-refractivity contribution < 1.29 is 12.8 Å². The highest BCUT2D eigenvalue weighted by atomic mass is 32.2. The number of sulfonamides is 1. The number of aromatic nitrogens is 1. The molecule has 2 N–H and O–H groups in total. The SMILES string of the molecule is CCNC(=NCc1nc(C)c(C)o1)NCCS(=O)(=O)N(CC)CC. The predicted molar refractivity (Wildman–Crippen MR) is 95.5 cm³/mol. The van der Waals surface area contributed by atoms with E-state index in [2.05, 4.69) is 20.6 Å². The first-order valence-corrected chi connectivity index (χ1v) is 9.87. The van der Waals surface area contributed by atoms with Crippen LogP contribution in [0.3, 0.4) is 0 Å². The van der Waals surface area contributed by atoms with Crippen molar-refractivity contribution >= 4 is 16.0 Å². The molecule has 0 aliphatic carbocycles. The molecule has 0 bridgehead atoms. The van der Waals surface area contributed by atoms with Crippen LogP contribution in [0.5, 0.6) is 0 Å². The first-order valence-electron chi connectivity index (χ1n) is 8.26. The fraction of sp³-hybridized carbons (Fsp3) is 0.733. The average molecular weight is 359 g/mol. The van der Waals surface area contributed by atoms with Gasteiger partial charge >= 0.3 is 0 Å². The van der Waals surface area contributed by atoms with Gasteiger partial charge in [-0.3, -0.25) is 0 Å². The van der Waals surface area contributed by atoms with Crippen LogP contribution in [0.2, 0.25) is 0 Å². The highest BCUT2D eigenvalue weighted by Crippen LogP contribution is 2.08. The van der Waals surface area contributed by atoms with Gasteiger partial charge in [0.2, 0.25) is 15.9 Å². The van der Waals surface area contributed by atoms with Gasteiger partial charge in [-0.05, 0) is 20.8 Å². The Hall–Kier alpha value is -1.61. The lowest BCUT2D eigenvalue weighted by Gasteiger charge is -2.19. The smallest absolute Gasteiger partial charge is 0.216 e. The van der Waals surface area contributed by atoms with E-state index >= 15 is 0 Å². The molecule has 0 fully saturated rings. The zero-order chi connectivity index (χ0) is 18.2. The van der Waals surface area contributed by atoms with Crippen molar-refractivity contribution in [2.75, 3.05) is 31.9 Å². The maximum atomic E-state index is 12.2. The van der Waals surface area contributed by atoms with Gasteiger partial charge in [-0.15, -0.1) is 0 Å². The second-order valence-corrected chi connectivity index (χ2v) is 7.36. The quantitative estimate of drug-likeness (QED) is 0.504. The first-order chi connectivity index (χ1) is 11.3. The molecule has 138 valence electrons. The number of rotatable bonds is 9. The van der Waals surface area contributed by atoms with E-state index in [-0.39, 0.29) is 12.3 Å². The van der Waals surface area contributed by atoms with E-state index in [4.69, 9.17) is 4.42 Å². The van der Waals surface area contributed by atoms with Crippen LogP contribution in [-0.4, -0.2) is 55.6 Å². The summed E-state index contributed by atoms with van der Waals surface area (Å²) in [5.74, 6) is 1.89. The zero-order valence-corrected chi connectivity index (χ0v) is 16.0. The van der Waals surface area contributed by atoms with Crippen molar-refractivity contribution in [2.45, 2.75) is 41.2 Å². The van der Waals surface area contributed by atoms with E-state index in [0.717, 1.165) is 11.5 Å². The summed E-state index contributed by atoms with van der Waals surface area (Å²) in [5.41, 5.74) is 0.850. The van der Waals surface area contributed by atoms with Crippen LogP contribution in [0, 0.1) is 13.8 Å². The Labute approximate surface area is 144 Å². The highest BCUT2D eigenvalue weighted by molar-refractivity contribution is 7.89. The number of aliphatic imine (C=N–C) groups is 1. The van der Waals surface area contributed by atoms with Gasteiger partial charge in [0.25, 0.3) is 0 Å². The summed E-state index contributed by atoms with van der Waals surface area (Å²) in [6.07, 6.45) is 0. The van der Waals surface area contributed by atoms with Crippen molar-refractivity contribution in [3.8, 4) is 0 Å². The van der Waals surface area contributed by atoms with Crippen LogP contribution < -0.4 is 10.6 Å². The molecule has 9 heteroatoms. The van der Waals surface area contributed by atoms with Gasteiger partial charge in [0.15, 0.2) is 5.96 Å². The molecule has 0 amide bonds. The molecular weight excluding hydrogens is 330 g/mol. The number of aryl methyl sites for hydroxylation is 2. The maximum absolute atomic E-state index is 12.2. The predicted octanol–water partition coefficient (Wildman–Crippen LogP) is 1.02. The van der Waals surface area contributed by atoms with Gasteiger partial charge in [0.1, 0.15) is 12.3 Å². The largest absolute Gasteiger partial charge is 0.444 e. The van der Waals surface area contributed by atoms with Crippen LogP contribution in [0.15, 0.2) is 9.41 Å². The molecule has 0 radical (unpaired) electrons. The lowest BCUT2D eigenvalue weighted by atomic mass is 10.4. The molecular formula is C15H29N5O3S. The van der Waals surface area contributed by atoms with Crippen molar-refractivity contribution in [1.82, 2.24) is 19.9 Å². The standard InChI is InChI=1S/C15H29N5O3S/c1-6-16-15(18-11-14-19-12(4)13(5)23-14)17-9-10-24(21,22)20(7-2)8-3/h6-11H2,1-5H3,(H2,16,17,18). The van der Waals surface area contributed by atoms with Crippen molar-refractivity contribution in [3.05, 3.63) is 17.3 Å². The Kier molecular flexibility index (Phi) is 8.20. The van der Waals surface area contributed by atoms with Crippen LogP contribution in [0.4, 0.5) is 0 Å². The summed E-state index contributed by atoms with van der Waals surface area (Å²) in [6.45, 7) is 11.6. The van der Waals surface area contributed by atoms with Crippen LogP contribution >= 0.6 is 0 Å². The molecule has 0 saturated heterocycles. The average Bonchev–Trinajstić information content (AvgIpc) is 2.84. The summed E-state index contributed by atoms with van der Waals surface area (Å²) in [7, 11) is -3.25. The minimum absolute atomic E-state index is 0.0241. The topological polar surface area (TPSA) is 99.8 Å². The van der Waals surface area contributed by atoms with E-state index in [0.29, 0.717) is 38.0 Å². The Morgan fingerprint density at radius 1 is 1.21 bits per heavy atom. The monoisotopic (exact) mass is 359 g/mol. The van der Waals surface area contributed by atoms with Crippen molar-refractivity contribution in [3.63, 3.8) is 0 Å². The molecule has 1 rings (SSSR count). The Balaban J connectivity index is 2.61. The van der Waals surface area contributed by atoms with Crippen molar-refractivity contribution in [2.24, 2.45) is 4.99 Å². The third-order valence-electron chi connectivity index (χ3n) is 3.54. The number of hydrogen-bond donors (Lipinski definition) is 2. The summed E-state index contributed by atoms with van der Waals surface area (Å²) in [4.78, 5) is 8.65. The van der Waals surface area contributed by atoms with Crippen molar-refractivity contribution in [1.29, 1.82) is 0 Å². The number of oxazole rings is 1. The highest BCUT2D eigenvalue weighted by Gasteiger charge is 2.18. The minimum Gasteiger partial charge on any atom is -0.444 e. The van der Waals surface area contributed by atoms with Crippen LogP contribution in [0.25, 0.3) is 0 Å². The van der Waals surface area contributed by atoms with Gasteiger partial charge in [-0.1, -0.05) is 13.8 Å². The molecule has 0 unspecified atom stereocenters. The molecule has 0 atom stereocenters. The molecule has 0 spiro atoms. The minimum atomic E-state index is -3.25. The Morgan fingerprint density at radius 2 is 1.88 bits per heavy atom. The van der Waals surface area contributed by atoms with E-state index < -0.39 is 10.0 Å². The van der Waals surface area contributed by atoms with E-state index in [1.54, 1.807) is 0 Å². The second kappa shape index (κ2) is 9.63. The Morgan fingerprint density at radius 3 is 2.38 bits per heavy atom. The molecule has 1 aromatic rings. The second-order valence-electron chi connectivity index (χ2n) is 5.27. The van der Waals surface area contributed by atoms with Gasteiger partial charge < -0.3 is 15.1 Å². The lowest BCUT2D eigenvalue weighted by molar-refractivity contribution is 0.445. The first kappa shape index (κ1) is 20.4. The number of guanidine groups is 1. The number of hydrogen-bond acceptors (Lipinski definition) is 5. The molecule has 24 heavy (non-hydrogen) atoms. The maximum Gasteiger partial charge on any atom is 0.216 e. The summed E-state index contributed by atoms with van der Waals surface area (Å²) in [5, 5.41) is 6.11. The molecule has 0 aliphatic heterocycles. The molecule has 0 aromatic carbocycles. The van der Waals surface area contributed by atoms with Gasteiger partial charge in [0.05, 0.1) is 11.4 Å². The van der Waals surface area contributed by atoms with Crippen LogP contribution in [-0.2, 0) is 16.6 Å². The molecule has 0 aliphatic rings. The Bertz CT molecular complexity index is 616. The molecule has 1 aromatic heterocycles. The summed E-state index contributed by atoms with van der Waals surface area (Å²) >= 11 is 0. The van der Waals surface area contributed by atoms with E-state index in [1.807, 2.05) is 34.6 Å². The molecule has 8 nitrogen and oxygen atoms in total. The molecule has 1 heterocycles. The van der Waals surface area contributed by atoms with E-state index in [1.165, 1.54) is 4.31 Å². The van der Waals surface area contributed by atoms with Gasteiger partial charge in [-0.25, -0.2) is 22.7 Å². The van der Waals surface area contributed by atoms with Crippen LogP contribution in [0.1, 0.15) is 38.1 Å². The molecule has 0 saturated carbocycles. The number of nitrogens with one attached hydrogen (secondary N) is 2. The summed E-state index contributed by atoms with van der Waals surface area (Å²) < 4.78 is 31.2. The van der Waals surface area contributed by atoms with Gasteiger partial charge in [-0.2, -0.15) is 0 Å². The number of nitrogens with zero attached hydrogens (tertiary/aromatic N) is 3.